The Morgan fingerprint density at radius 3 is 2.56 bits per heavy atom. The molecule has 1 amide bonds. The number of aliphatic hydroxyl groups excluding tert-OH is 4. The maximum absolute atomic E-state index is 12.4. The van der Waals surface area contributed by atoms with E-state index in [1.54, 1.807) is 25.5 Å². The molecule has 9 heteroatoms. The molecule has 2 aliphatic heterocycles. The number of likely N-dealkylation sites (N-methyl/N-ethyl adjacent to an activating group) is 1. The van der Waals surface area contributed by atoms with Crippen molar-refractivity contribution in [3.8, 4) is 0 Å². The van der Waals surface area contributed by atoms with Gasteiger partial charge in [0, 0.05) is 25.9 Å². The second-order valence-corrected chi connectivity index (χ2v) is 6.31. The number of rotatable bonds is 4. The summed E-state index contributed by atoms with van der Waals surface area (Å²) in [4.78, 5) is 18.0. The van der Waals surface area contributed by atoms with E-state index in [9.17, 15) is 25.2 Å². The number of aliphatic hydroxyl groups is 4. The van der Waals surface area contributed by atoms with Crippen LogP contribution < -0.4 is 0 Å². The standard InChI is InChI=1S/C16H22N2O7.C2H6/c1-18-9(8-3-2-4-17-6-8)5-10(15(18)23)24-16-14(22)13(21)12(20)11(7-19)25-16;1-2/h2-4,6,9-14,16,19-22H,5,7H2,1H3;1-2H3. The summed E-state index contributed by atoms with van der Waals surface area (Å²) >= 11 is 0. The summed E-state index contributed by atoms with van der Waals surface area (Å²) < 4.78 is 10.9. The summed E-state index contributed by atoms with van der Waals surface area (Å²) in [6, 6.07) is 3.41. The van der Waals surface area contributed by atoms with E-state index >= 15 is 0 Å². The van der Waals surface area contributed by atoms with Gasteiger partial charge in [-0.2, -0.15) is 0 Å². The minimum Gasteiger partial charge on any atom is -0.394 e. The van der Waals surface area contributed by atoms with Crippen molar-refractivity contribution in [2.75, 3.05) is 13.7 Å². The van der Waals surface area contributed by atoms with E-state index < -0.39 is 43.4 Å². The topological polar surface area (TPSA) is 133 Å². The zero-order chi connectivity index (χ0) is 20.1. The number of ether oxygens (including phenoxy) is 2. The van der Waals surface area contributed by atoms with Crippen molar-refractivity contribution in [3.63, 3.8) is 0 Å². The second kappa shape index (κ2) is 9.54. The smallest absolute Gasteiger partial charge is 0.252 e. The lowest BCUT2D eigenvalue weighted by Crippen LogP contribution is -2.59. The lowest BCUT2D eigenvalue weighted by atomic mass is 9.99. The molecule has 0 saturated carbocycles. The van der Waals surface area contributed by atoms with Crippen molar-refractivity contribution >= 4 is 5.91 Å². The van der Waals surface area contributed by atoms with Gasteiger partial charge >= 0.3 is 0 Å². The van der Waals surface area contributed by atoms with Crippen LogP contribution in [0.25, 0.3) is 0 Å². The molecule has 3 heterocycles. The quantitative estimate of drug-likeness (QED) is 0.530. The normalized spacial score (nSPS) is 36.3. The number of aromatic nitrogens is 1. The molecule has 1 aromatic rings. The van der Waals surface area contributed by atoms with Gasteiger partial charge in [-0.1, -0.05) is 19.9 Å². The number of carbonyl (C=O) groups is 1. The Morgan fingerprint density at radius 2 is 1.96 bits per heavy atom. The molecular formula is C18H28N2O7. The van der Waals surface area contributed by atoms with Crippen LogP contribution in [0.3, 0.4) is 0 Å². The molecule has 2 aliphatic rings. The highest BCUT2D eigenvalue weighted by atomic mass is 16.7. The van der Waals surface area contributed by atoms with Gasteiger partial charge < -0.3 is 34.8 Å². The van der Waals surface area contributed by atoms with Gasteiger partial charge in [0.1, 0.15) is 30.5 Å². The van der Waals surface area contributed by atoms with Crippen molar-refractivity contribution in [3.05, 3.63) is 30.1 Å². The Morgan fingerprint density at radius 1 is 1.26 bits per heavy atom. The Labute approximate surface area is 158 Å². The third-order valence-electron chi connectivity index (χ3n) is 4.74. The van der Waals surface area contributed by atoms with Crippen LogP contribution in [0.5, 0.6) is 0 Å². The molecule has 0 spiro atoms. The molecule has 1 aromatic heterocycles. The predicted octanol–water partition coefficient (Wildman–Crippen LogP) is -0.804. The summed E-state index contributed by atoms with van der Waals surface area (Å²) in [5.74, 6) is -0.286. The SMILES string of the molecule is CC.CN1C(=O)C(OC2OC(CO)C(O)C(O)C2O)CC1c1cccnc1. The van der Waals surface area contributed by atoms with Crippen molar-refractivity contribution in [2.24, 2.45) is 0 Å². The predicted molar refractivity (Wildman–Crippen MR) is 94.4 cm³/mol. The van der Waals surface area contributed by atoms with Gasteiger partial charge in [0.15, 0.2) is 6.29 Å². The molecule has 7 atom stereocenters. The zero-order valence-corrected chi connectivity index (χ0v) is 15.7. The number of likely N-dealkylation sites (tertiary alicyclic amines) is 1. The van der Waals surface area contributed by atoms with Crippen LogP contribution in [0.2, 0.25) is 0 Å². The molecule has 0 bridgehead atoms. The Balaban J connectivity index is 0.00000126. The number of nitrogens with zero attached hydrogens (tertiary/aromatic N) is 2. The third-order valence-corrected chi connectivity index (χ3v) is 4.74. The first-order chi connectivity index (χ1) is 12.9. The first kappa shape index (κ1) is 21.7. The zero-order valence-electron chi connectivity index (χ0n) is 15.7. The average Bonchev–Trinajstić information content (AvgIpc) is 2.99. The van der Waals surface area contributed by atoms with Crippen molar-refractivity contribution in [1.82, 2.24) is 9.88 Å². The fourth-order valence-electron chi connectivity index (χ4n) is 3.23. The highest BCUT2D eigenvalue weighted by Gasteiger charge is 2.47. The number of hydrogen-bond acceptors (Lipinski definition) is 8. The maximum atomic E-state index is 12.4. The van der Waals surface area contributed by atoms with Crippen LogP contribution >= 0.6 is 0 Å². The molecule has 9 nitrogen and oxygen atoms in total. The van der Waals surface area contributed by atoms with Crippen LogP contribution in [-0.2, 0) is 14.3 Å². The van der Waals surface area contributed by atoms with E-state index in [0.29, 0.717) is 6.42 Å². The Hall–Kier alpha value is -1.62. The largest absolute Gasteiger partial charge is 0.394 e. The van der Waals surface area contributed by atoms with Gasteiger partial charge in [-0.05, 0) is 11.6 Å². The number of pyridine rings is 1. The van der Waals surface area contributed by atoms with Crippen LogP contribution in [0.15, 0.2) is 24.5 Å². The third kappa shape index (κ3) is 4.45. The monoisotopic (exact) mass is 384 g/mol. The summed E-state index contributed by atoms with van der Waals surface area (Å²) in [5.41, 5.74) is 0.859. The van der Waals surface area contributed by atoms with Gasteiger partial charge in [0.2, 0.25) is 0 Å². The first-order valence-electron chi connectivity index (χ1n) is 9.06. The summed E-state index contributed by atoms with van der Waals surface area (Å²) in [6.45, 7) is 3.45. The molecule has 152 valence electrons. The fraction of sp³-hybridized carbons (Fsp3) is 0.667. The molecule has 2 fully saturated rings. The first-order valence-corrected chi connectivity index (χ1v) is 9.06. The number of carbonyl (C=O) groups excluding carboxylic acids is 1. The van der Waals surface area contributed by atoms with Gasteiger partial charge in [0.05, 0.1) is 12.6 Å². The molecule has 2 saturated heterocycles. The minimum atomic E-state index is -1.54. The lowest BCUT2D eigenvalue weighted by Gasteiger charge is -2.40. The minimum absolute atomic E-state index is 0.226. The molecule has 4 N–H and O–H groups in total. The van der Waals surface area contributed by atoms with Crippen molar-refractivity contribution in [2.45, 2.75) is 63.1 Å². The van der Waals surface area contributed by atoms with Crippen LogP contribution in [-0.4, -0.2) is 86.7 Å². The Bertz CT molecular complexity index is 601. The molecule has 7 unspecified atom stereocenters. The average molecular weight is 384 g/mol. The van der Waals surface area contributed by atoms with Crippen LogP contribution in [0.4, 0.5) is 0 Å². The van der Waals surface area contributed by atoms with E-state index in [4.69, 9.17) is 9.47 Å². The molecular weight excluding hydrogens is 356 g/mol. The summed E-state index contributed by atoms with van der Waals surface area (Å²) in [6.07, 6.45) is -4.19. The number of amides is 1. The molecule has 3 rings (SSSR count). The van der Waals surface area contributed by atoms with Gasteiger partial charge in [-0.3, -0.25) is 9.78 Å². The van der Waals surface area contributed by atoms with Crippen LogP contribution in [0.1, 0.15) is 31.9 Å². The fourth-order valence-corrected chi connectivity index (χ4v) is 3.23. The van der Waals surface area contributed by atoms with Crippen molar-refractivity contribution in [1.29, 1.82) is 0 Å². The van der Waals surface area contributed by atoms with E-state index in [-0.39, 0.29) is 11.9 Å². The van der Waals surface area contributed by atoms with Gasteiger partial charge in [0.25, 0.3) is 5.91 Å². The molecule has 0 aromatic carbocycles. The summed E-state index contributed by atoms with van der Waals surface area (Å²) in [7, 11) is 1.65. The maximum Gasteiger partial charge on any atom is 0.252 e. The van der Waals surface area contributed by atoms with Gasteiger partial charge in [-0.25, -0.2) is 0 Å². The highest BCUT2D eigenvalue weighted by molar-refractivity contribution is 5.83. The lowest BCUT2D eigenvalue weighted by molar-refractivity contribution is -0.308. The van der Waals surface area contributed by atoms with E-state index in [0.717, 1.165) is 5.56 Å². The number of hydrogen-bond donors (Lipinski definition) is 4. The van der Waals surface area contributed by atoms with Crippen LogP contribution in [0, 0.1) is 0 Å². The molecule has 27 heavy (non-hydrogen) atoms. The second-order valence-electron chi connectivity index (χ2n) is 6.31. The Kier molecular flexibility index (Phi) is 7.66. The van der Waals surface area contributed by atoms with E-state index in [1.165, 1.54) is 4.90 Å². The van der Waals surface area contributed by atoms with Crippen molar-refractivity contribution < 1.29 is 34.7 Å². The molecule has 0 radical (unpaired) electrons. The van der Waals surface area contributed by atoms with E-state index in [1.807, 2.05) is 19.9 Å². The van der Waals surface area contributed by atoms with E-state index in [2.05, 4.69) is 4.98 Å². The summed E-state index contributed by atoms with van der Waals surface area (Å²) in [5, 5.41) is 38.9. The molecule has 0 aliphatic carbocycles. The highest BCUT2D eigenvalue weighted by Crippen LogP contribution is 2.34. The van der Waals surface area contributed by atoms with Gasteiger partial charge in [-0.15, -0.1) is 0 Å².